The Bertz CT molecular complexity index is 1100. The first-order valence-electron chi connectivity index (χ1n) is 11.4. The normalized spacial score (nSPS) is 17.3. The molecule has 3 rings (SSSR count). The number of anilines is 1. The molecule has 0 radical (unpaired) electrons. The highest BCUT2D eigenvalue weighted by molar-refractivity contribution is 6.43. The van der Waals surface area contributed by atoms with Crippen molar-refractivity contribution in [1.29, 1.82) is 0 Å². The van der Waals surface area contributed by atoms with Crippen LogP contribution < -0.4 is 16.4 Å². The van der Waals surface area contributed by atoms with Crippen LogP contribution in [0.1, 0.15) is 42.5 Å². The van der Waals surface area contributed by atoms with Crippen molar-refractivity contribution in [2.45, 2.75) is 51.0 Å². The van der Waals surface area contributed by atoms with Crippen LogP contribution in [0.3, 0.4) is 0 Å². The summed E-state index contributed by atoms with van der Waals surface area (Å²) < 4.78 is 29.3. The molecular weight excluding hydrogens is 456 g/mol. The second-order valence-electron chi connectivity index (χ2n) is 8.73. The van der Waals surface area contributed by atoms with Gasteiger partial charge >= 0.3 is 0 Å². The Hall–Kier alpha value is -3.63. The maximum Gasteiger partial charge on any atom is 0.270 e. The number of alkyl halides is 2. The van der Waals surface area contributed by atoms with Gasteiger partial charge in [0.1, 0.15) is 17.6 Å². The van der Waals surface area contributed by atoms with E-state index in [0.29, 0.717) is 12.2 Å². The van der Waals surface area contributed by atoms with Crippen LogP contribution in [0.15, 0.2) is 41.8 Å². The van der Waals surface area contributed by atoms with Crippen molar-refractivity contribution in [3.05, 3.63) is 53.6 Å². The van der Waals surface area contributed by atoms with Gasteiger partial charge < -0.3 is 16.4 Å². The molecule has 1 atom stereocenters. The van der Waals surface area contributed by atoms with E-state index in [4.69, 9.17) is 5.73 Å². The predicted molar refractivity (Wildman–Crippen MR) is 129 cm³/mol. The van der Waals surface area contributed by atoms with Crippen LogP contribution in [0.2, 0.25) is 0 Å². The van der Waals surface area contributed by atoms with Crippen molar-refractivity contribution < 1.29 is 18.4 Å². The van der Waals surface area contributed by atoms with Crippen molar-refractivity contribution in [3.63, 3.8) is 0 Å². The van der Waals surface area contributed by atoms with Crippen molar-refractivity contribution in [2.75, 3.05) is 12.4 Å². The van der Waals surface area contributed by atoms with Crippen molar-refractivity contribution in [2.24, 2.45) is 23.7 Å². The number of rotatable bonds is 8. The fraction of sp³-hybridized carbons (Fsp3) is 0.458. The largest absolute Gasteiger partial charge is 0.405 e. The first kappa shape index (κ1) is 26.0. The number of hydrogen-bond acceptors (Lipinski definition) is 6. The number of aromatic nitrogens is 3. The highest BCUT2D eigenvalue weighted by Crippen LogP contribution is 2.37. The third-order valence-corrected chi connectivity index (χ3v) is 6.25. The van der Waals surface area contributed by atoms with E-state index in [1.807, 2.05) is 20.0 Å². The van der Waals surface area contributed by atoms with Crippen LogP contribution in [-0.2, 0) is 23.1 Å². The van der Waals surface area contributed by atoms with E-state index < -0.39 is 29.7 Å². The fourth-order valence-electron chi connectivity index (χ4n) is 4.23. The van der Waals surface area contributed by atoms with Crippen molar-refractivity contribution in [1.82, 2.24) is 20.1 Å². The molecule has 2 heterocycles. The molecule has 2 aromatic rings. The fourth-order valence-corrected chi connectivity index (χ4v) is 4.23. The maximum atomic E-state index is 13.7. The summed E-state index contributed by atoms with van der Waals surface area (Å²) in [5.74, 6) is -4.06. The van der Waals surface area contributed by atoms with Crippen LogP contribution in [0.5, 0.6) is 0 Å². The number of aliphatic imine (C=N–C) groups is 1. The molecule has 11 heteroatoms. The summed E-state index contributed by atoms with van der Waals surface area (Å²) in [6.07, 6.45) is 5.95. The highest BCUT2D eigenvalue weighted by atomic mass is 19.3. The SMILES string of the molecule is CN=C(/C=C\N)C(=O)NC(C(=O)Nc1cc(Cc2c(C)cnn2C)ccn1)C1CCC(F)(F)CC1. The molecule has 35 heavy (non-hydrogen) atoms. The summed E-state index contributed by atoms with van der Waals surface area (Å²) in [5, 5.41) is 9.65. The zero-order valence-electron chi connectivity index (χ0n) is 20.1. The van der Waals surface area contributed by atoms with E-state index in [0.717, 1.165) is 23.0 Å². The molecule has 1 saturated carbocycles. The lowest BCUT2D eigenvalue weighted by atomic mass is 9.81. The molecule has 0 bridgehead atoms. The number of carbonyl (C=O) groups is 2. The number of nitrogens with two attached hydrogens (primary N) is 1. The number of carbonyl (C=O) groups excluding carboxylic acids is 2. The summed E-state index contributed by atoms with van der Waals surface area (Å²) in [7, 11) is 3.28. The minimum absolute atomic E-state index is 0.0260. The molecule has 1 unspecified atom stereocenters. The van der Waals surface area contributed by atoms with Gasteiger partial charge in [0.25, 0.3) is 5.91 Å². The van der Waals surface area contributed by atoms with Gasteiger partial charge in [-0.15, -0.1) is 0 Å². The van der Waals surface area contributed by atoms with Gasteiger partial charge in [0.2, 0.25) is 11.8 Å². The minimum atomic E-state index is -2.76. The van der Waals surface area contributed by atoms with E-state index in [1.54, 1.807) is 23.1 Å². The molecule has 2 aromatic heterocycles. The Kier molecular flexibility index (Phi) is 8.31. The quantitative estimate of drug-likeness (QED) is 0.493. The molecule has 0 spiro atoms. The van der Waals surface area contributed by atoms with Gasteiger partial charge in [0.05, 0.1) is 6.20 Å². The number of amides is 2. The van der Waals surface area contributed by atoms with Crippen LogP contribution in [0.4, 0.5) is 14.6 Å². The smallest absolute Gasteiger partial charge is 0.270 e. The van der Waals surface area contributed by atoms with Crippen LogP contribution >= 0.6 is 0 Å². The molecule has 4 N–H and O–H groups in total. The Morgan fingerprint density at radius 2 is 2.09 bits per heavy atom. The average molecular weight is 488 g/mol. The Morgan fingerprint density at radius 3 is 2.69 bits per heavy atom. The first-order valence-corrected chi connectivity index (χ1v) is 11.4. The molecule has 188 valence electrons. The summed E-state index contributed by atoms with van der Waals surface area (Å²) >= 11 is 0. The standard InChI is InChI=1S/C24H31F2N7O2/c1-15-14-30-33(3)19(15)12-16-7-11-29-20(13-16)31-23(35)21(17-4-8-24(25,26)9-5-17)32-22(34)18(28-2)6-10-27/h6-7,10-11,13-14,17,21H,4-5,8-9,12,27H2,1-3H3,(H,32,34)(H,29,31,35)/b10-6-,28-18?. The maximum absolute atomic E-state index is 13.7. The number of pyridine rings is 1. The van der Waals surface area contributed by atoms with Crippen LogP contribution in [0.25, 0.3) is 0 Å². The predicted octanol–water partition coefficient (Wildman–Crippen LogP) is 2.51. The Labute approximate surface area is 202 Å². The number of aryl methyl sites for hydroxylation is 2. The van der Waals surface area contributed by atoms with E-state index in [-0.39, 0.29) is 31.4 Å². The number of hydrogen-bond donors (Lipinski definition) is 3. The zero-order valence-corrected chi connectivity index (χ0v) is 20.1. The lowest BCUT2D eigenvalue weighted by Crippen LogP contribution is -2.51. The summed E-state index contributed by atoms with van der Waals surface area (Å²) in [4.78, 5) is 34.1. The lowest BCUT2D eigenvalue weighted by molar-refractivity contribution is -0.126. The molecule has 0 aliphatic heterocycles. The number of nitrogens with zero attached hydrogens (tertiary/aromatic N) is 4. The van der Waals surface area contributed by atoms with Gasteiger partial charge in [0, 0.05) is 45.2 Å². The van der Waals surface area contributed by atoms with Gasteiger partial charge in [-0.25, -0.2) is 13.8 Å². The Balaban J connectivity index is 1.79. The molecule has 9 nitrogen and oxygen atoms in total. The molecule has 1 aliphatic rings. The van der Waals surface area contributed by atoms with Gasteiger partial charge in [-0.3, -0.25) is 19.3 Å². The number of nitrogens with one attached hydrogen (secondary N) is 2. The second-order valence-corrected chi connectivity index (χ2v) is 8.73. The van der Waals surface area contributed by atoms with Gasteiger partial charge in [-0.1, -0.05) is 0 Å². The van der Waals surface area contributed by atoms with Gasteiger partial charge in [-0.2, -0.15) is 5.10 Å². The Morgan fingerprint density at radius 1 is 1.37 bits per heavy atom. The molecule has 1 aliphatic carbocycles. The second kappa shape index (κ2) is 11.2. The first-order chi connectivity index (χ1) is 16.6. The van der Waals surface area contributed by atoms with Crippen LogP contribution in [-0.4, -0.2) is 51.3 Å². The zero-order chi connectivity index (χ0) is 25.6. The van der Waals surface area contributed by atoms with E-state index >= 15 is 0 Å². The molecule has 2 amide bonds. The average Bonchev–Trinajstić information content (AvgIpc) is 3.13. The molecule has 0 saturated heterocycles. The monoisotopic (exact) mass is 487 g/mol. The molecular formula is C24H31F2N7O2. The summed E-state index contributed by atoms with van der Waals surface area (Å²) in [5.41, 5.74) is 8.38. The van der Waals surface area contributed by atoms with Gasteiger partial charge in [-0.05, 0) is 61.2 Å². The van der Waals surface area contributed by atoms with E-state index in [2.05, 4.69) is 25.7 Å². The summed E-state index contributed by atoms with van der Waals surface area (Å²) in [6.45, 7) is 1.97. The van der Waals surface area contributed by atoms with Crippen molar-refractivity contribution in [3.8, 4) is 0 Å². The van der Waals surface area contributed by atoms with Crippen molar-refractivity contribution >= 4 is 23.3 Å². The summed E-state index contributed by atoms with van der Waals surface area (Å²) in [6, 6.07) is 2.55. The third kappa shape index (κ3) is 6.71. The lowest BCUT2D eigenvalue weighted by Gasteiger charge is -2.33. The third-order valence-electron chi connectivity index (χ3n) is 6.25. The van der Waals surface area contributed by atoms with E-state index in [9.17, 15) is 18.4 Å². The van der Waals surface area contributed by atoms with Crippen LogP contribution in [0, 0.1) is 12.8 Å². The topological polar surface area (TPSA) is 127 Å². The van der Waals surface area contributed by atoms with E-state index in [1.165, 1.54) is 13.1 Å². The molecule has 0 aromatic carbocycles. The van der Waals surface area contributed by atoms with Gasteiger partial charge in [0.15, 0.2) is 0 Å². The molecule has 1 fully saturated rings. The highest BCUT2D eigenvalue weighted by Gasteiger charge is 2.40. The number of halogens is 2. The minimum Gasteiger partial charge on any atom is -0.405 e.